The van der Waals surface area contributed by atoms with Gasteiger partial charge in [-0.05, 0) is 18.6 Å². The van der Waals surface area contributed by atoms with Crippen molar-refractivity contribution in [1.29, 1.82) is 0 Å². The topological polar surface area (TPSA) is 98.3 Å². The first-order valence-corrected chi connectivity index (χ1v) is 4.89. The van der Waals surface area contributed by atoms with Gasteiger partial charge in [0.05, 0.1) is 4.92 Å². The second kappa shape index (κ2) is 3.90. The molecule has 0 heterocycles. The normalized spacial score (nSPS) is 22.6. The highest BCUT2D eigenvalue weighted by atomic mass is 16.6. The molecule has 0 saturated heterocycles. The second-order valence-corrected chi connectivity index (χ2v) is 3.78. The molecule has 0 spiro atoms. The molecule has 84 valence electrons. The maximum atomic E-state index is 11.6. The number of hydrogen-bond donors (Lipinski definition) is 2. The Morgan fingerprint density at radius 3 is 2.44 bits per heavy atom. The summed E-state index contributed by atoms with van der Waals surface area (Å²) in [5.74, 6) is -0.243. The van der Waals surface area contributed by atoms with E-state index in [4.69, 9.17) is 5.73 Å². The third-order valence-corrected chi connectivity index (χ3v) is 2.50. The van der Waals surface area contributed by atoms with Crippen LogP contribution >= 0.6 is 0 Å². The maximum Gasteiger partial charge on any atom is 0.269 e. The lowest BCUT2D eigenvalue weighted by Gasteiger charge is -2.02. The Hall–Kier alpha value is -1.95. The zero-order valence-electron chi connectivity index (χ0n) is 8.42. The van der Waals surface area contributed by atoms with E-state index in [1.165, 1.54) is 24.3 Å². The van der Waals surface area contributed by atoms with E-state index in [1.54, 1.807) is 0 Å². The smallest absolute Gasteiger partial charge is 0.269 e. The van der Waals surface area contributed by atoms with E-state index in [0.717, 1.165) is 6.42 Å². The van der Waals surface area contributed by atoms with E-state index in [2.05, 4.69) is 5.32 Å². The van der Waals surface area contributed by atoms with Crippen LogP contribution in [0.2, 0.25) is 0 Å². The Balaban J connectivity index is 2.03. The lowest BCUT2D eigenvalue weighted by Crippen LogP contribution is -2.29. The Labute approximate surface area is 91.6 Å². The van der Waals surface area contributed by atoms with Gasteiger partial charge in [0, 0.05) is 29.8 Å². The van der Waals surface area contributed by atoms with Crippen LogP contribution in [0.1, 0.15) is 16.8 Å². The van der Waals surface area contributed by atoms with Gasteiger partial charge in [-0.2, -0.15) is 0 Å². The molecular formula is C10H11N3O3. The van der Waals surface area contributed by atoms with E-state index in [-0.39, 0.29) is 23.7 Å². The Bertz CT molecular complexity index is 429. The van der Waals surface area contributed by atoms with E-state index in [0.29, 0.717) is 5.56 Å². The maximum absolute atomic E-state index is 11.6. The Morgan fingerprint density at radius 2 is 2.00 bits per heavy atom. The van der Waals surface area contributed by atoms with Crippen molar-refractivity contribution < 1.29 is 9.72 Å². The van der Waals surface area contributed by atoms with Crippen molar-refractivity contribution in [3.63, 3.8) is 0 Å². The van der Waals surface area contributed by atoms with Gasteiger partial charge in [-0.25, -0.2) is 0 Å². The van der Waals surface area contributed by atoms with Gasteiger partial charge in [0.25, 0.3) is 11.6 Å². The van der Waals surface area contributed by atoms with E-state index < -0.39 is 4.92 Å². The molecule has 2 rings (SSSR count). The van der Waals surface area contributed by atoms with Crippen molar-refractivity contribution >= 4 is 11.6 Å². The number of benzene rings is 1. The van der Waals surface area contributed by atoms with Crippen LogP contribution in [-0.2, 0) is 0 Å². The van der Waals surface area contributed by atoms with Gasteiger partial charge in [-0.15, -0.1) is 0 Å². The molecule has 6 nitrogen and oxygen atoms in total. The summed E-state index contributed by atoms with van der Waals surface area (Å²) in [6, 6.07) is 5.57. The van der Waals surface area contributed by atoms with Gasteiger partial charge in [0.1, 0.15) is 0 Å². The van der Waals surface area contributed by atoms with E-state index >= 15 is 0 Å². The summed E-state index contributed by atoms with van der Waals surface area (Å²) >= 11 is 0. The summed E-state index contributed by atoms with van der Waals surface area (Å²) < 4.78 is 0. The number of nitrogens with one attached hydrogen (secondary N) is 1. The van der Waals surface area contributed by atoms with E-state index in [9.17, 15) is 14.9 Å². The van der Waals surface area contributed by atoms with Crippen LogP contribution < -0.4 is 11.1 Å². The molecule has 1 fully saturated rings. The zero-order chi connectivity index (χ0) is 11.7. The molecule has 0 aromatic heterocycles. The number of nitrogens with two attached hydrogens (primary N) is 1. The minimum absolute atomic E-state index is 0.0281. The lowest BCUT2D eigenvalue weighted by atomic mass is 10.2. The van der Waals surface area contributed by atoms with Gasteiger partial charge in [0.2, 0.25) is 0 Å². The summed E-state index contributed by atoms with van der Waals surface area (Å²) in [5, 5.41) is 13.1. The largest absolute Gasteiger partial charge is 0.348 e. The molecule has 1 amide bonds. The van der Waals surface area contributed by atoms with Crippen LogP contribution in [0.4, 0.5) is 5.69 Å². The van der Waals surface area contributed by atoms with Crippen LogP contribution in [0, 0.1) is 10.1 Å². The first kappa shape index (κ1) is 10.6. The molecule has 0 radical (unpaired) electrons. The van der Waals surface area contributed by atoms with Crippen molar-refractivity contribution in [2.75, 3.05) is 0 Å². The third-order valence-electron chi connectivity index (χ3n) is 2.50. The van der Waals surface area contributed by atoms with Gasteiger partial charge in [-0.3, -0.25) is 14.9 Å². The van der Waals surface area contributed by atoms with Crippen molar-refractivity contribution in [1.82, 2.24) is 5.32 Å². The second-order valence-electron chi connectivity index (χ2n) is 3.78. The molecular weight excluding hydrogens is 210 g/mol. The van der Waals surface area contributed by atoms with Gasteiger partial charge in [0.15, 0.2) is 0 Å². The molecule has 3 N–H and O–H groups in total. The molecule has 0 bridgehead atoms. The number of carbonyl (C=O) groups is 1. The molecule has 6 heteroatoms. The standard InChI is InChI=1S/C10H11N3O3/c11-8-5-9(8)12-10(14)6-1-3-7(4-2-6)13(15)16/h1-4,8-9H,5,11H2,(H,12,14). The van der Waals surface area contributed by atoms with E-state index in [1.807, 2.05) is 0 Å². The fourth-order valence-corrected chi connectivity index (χ4v) is 1.37. The Kier molecular flexibility index (Phi) is 2.57. The average molecular weight is 221 g/mol. The van der Waals surface area contributed by atoms with Crippen LogP contribution in [0.5, 0.6) is 0 Å². The summed E-state index contributed by atoms with van der Waals surface area (Å²) in [6.07, 6.45) is 0.790. The Morgan fingerprint density at radius 1 is 1.44 bits per heavy atom. The molecule has 1 saturated carbocycles. The van der Waals surface area contributed by atoms with Crippen molar-refractivity contribution in [3.05, 3.63) is 39.9 Å². The number of nitro groups is 1. The van der Waals surface area contributed by atoms with Crippen LogP contribution in [0.3, 0.4) is 0 Å². The quantitative estimate of drug-likeness (QED) is 0.571. The molecule has 0 aliphatic heterocycles. The third kappa shape index (κ3) is 2.17. The number of nitrogens with zero attached hydrogens (tertiary/aromatic N) is 1. The van der Waals surface area contributed by atoms with Crippen LogP contribution in [0.25, 0.3) is 0 Å². The predicted octanol–water partition coefficient (Wildman–Crippen LogP) is 0.424. The molecule has 1 aromatic carbocycles. The molecule has 2 unspecified atom stereocenters. The number of carbonyl (C=O) groups excluding carboxylic acids is 1. The number of non-ortho nitro benzene ring substituents is 1. The van der Waals surface area contributed by atoms with Crippen molar-refractivity contribution in [2.45, 2.75) is 18.5 Å². The first-order chi connectivity index (χ1) is 7.58. The SMILES string of the molecule is NC1CC1NC(=O)c1ccc([N+](=O)[O-])cc1. The van der Waals surface area contributed by atoms with Crippen LogP contribution in [-0.4, -0.2) is 22.9 Å². The monoisotopic (exact) mass is 221 g/mol. The number of hydrogen-bond acceptors (Lipinski definition) is 4. The van der Waals surface area contributed by atoms with Gasteiger partial charge < -0.3 is 11.1 Å². The first-order valence-electron chi connectivity index (χ1n) is 4.89. The molecule has 2 atom stereocenters. The summed E-state index contributed by atoms with van der Waals surface area (Å²) in [4.78, 5) is 21.5. The number of rotatable bonds is 3. The average Bonchev–Trinajstić information content (AvgIpc) is 2.94. The highest BCUT2D eigenvalue weighted by molar-refractivity contribution is 5.94. The van der Waals surface area contributed by atoms with Gasteiger partial charge >= 0.3 is 0 Å². The fourth-order valence-electron chi connectivity index (χ4n) is 1.37. The lowest BCUT2D eigenvalue weighted by molar-refractivity contribution is -0.384. The number of nitro benzene ring substituents is 1. The summed E-state index contributed by atoms with van der Waals surface area (Å²) in [6.45, 7) is 0. The summed E-state index contributed by atoms with van der Waals surface area (Å²) in [5.41, 5.74) is 5.93. The van der Waals surface area contributed by atoms with Crippen LogP contribution in [0.15, 0.2) is 24.3 Å². The molecule has 1 aliphatic carbocycles. The summed E-state index contributed by atoms with van der Waals surface area (Å²) in [7, 11) is 0. The fraction of sp³-hybridized carbons (Fsp3) is 0.300. The minimum Gasteiger partial charge on any atom is -0.348 e. The van der Waals surface area contributed by atoms with Gasteiger partial charge in [-0.1, -0.05) is 0 Å². The van der Waals surface area contributed by atoms with Crippen molar-refractivity contribution in [2.24, 2.45) is 5.73 Å². The highest BCUT2D eigenvalue weighted by Crippen LogP contribution is 2.19. The van der Waals surface area contributed by atoms with Crippen molar-refractivity contribution in [3.8, 4) is 0 Å². The molecule has 16 heavy (non-hydrogen) atoms. The minimum atomic E-state index is -0.501. The molecule has 1 aliphatic rings. The molecule has 1 aromatic rings. The predicted molar refractivity (Wildman–Crippen MR) is 56.9 cm³/mol. The number of amides is 1. The highest BCUT2D eigenvalue weighted by Gasteiger charge is 2.34. The zero-order valence-corrected chi connectivity index (χ0v) is 8.42.